The van der Waals surface area contributed by atoms with Crippen molar-refractivity contribution in [2.24, 2.45) is 0 Å². The molecule has 0 bridgehead atoms. The van der Waals surface area contributed by atoms with E-state index in [1.165, 1.54) is 7.11 Å². The molecule has 1 aliphatic rings. The third-order valence-electron chi connectivity index (χ3n) is 3.48. The lowest BCUT2D eigenvalue weighted by molar-refractivity contribution is -0.149. The highest BCUT2D eigenvalue weighted by Crippen LogP contribution is 2.18. The summed E-state index contributed by atoms with van der Waals surface area (Å²) in [7, 11) is 1.39. The van der Waals surface area contributed by atoms with Gasteiger partial charge in [-0.15, -0.1) is 13.2 Å². The van der Waals surface area contributed by atoms with Crippen LogP contribution in [0.15, 0.2) is 25.3 Å². The van der Waals surface area contributed by atoms with Gasteiger partial charge < -0.3 is 9.64 Å². The number of hydrogen-bond donors (Lipinski definition) is 0. The summed E-state index contributed by atoms with van der Waals surface area (Å²) in [4.78, 5) is 27.6. The molecule has 1 saturated heterocycles. The van der Waals surface area contributed by atoms with E-state index in [1.807, 2.05) is 4.90 Å². The van der Waals surface area contributed by atoms with Crippen LogP contribution < -0.4 is 0 Å². The van der Waals surface area contributed by atoms with Crippen LogP contribution >= 0.6 is 0 Å². The van der Waals surface area contributed by atoms with Crippen molar-refractivity contribution in [1.82, 2.24) is 9.80 Å². The summed E-state index contributed by atoms with van der Waals surface area (Å²) in [5, 5.41) is 0. The first-order valence-electron chi connectivity index (χ1n) is 6.95. The zero-order valence-corrected chi connectivity index (χ0v) is 12.2. The number of amides is 1. The molecule has 0 aliphatic carbocycles. The molecule has 1 heterocycles. The van der Waals surface area contributed by atoms with Crippen molar-refractivity contribution < 1.29 is 14.3 Å². The van der Waals surface area contributed by atoms with Crippen LogP contribution in [0.25, 0.3) is 0 Å². The molecule has 1 rings (SSSR count). The minimum absolute atomic E-state index is 0.0133. The zero-order valence-electron chi connectivity index (χ0n) is 12.2. The maximum Gasteiger partial charge on any atom is 0.323 e. The fourth-order valence-electron chi connectivity index (χ4n) is 2.45. The number of rotatable bonds is 7. The Morgan fingerprint density at radius 1 is 1.30 bits per heavy atom. The SMILES string of the molecule is C=CCN(CC=C)C(=O)CN1CCCCC1C(=O)OC. The molecule has 20 heavy (non-hydrogen) atoms. The smallest absolute Gasteiger partial charge is 0.323 e. The number of nitrogens with zero attached hydrogens (tertiary/aromatic N) is 2. The van der Waals surface area contributed by atoms with Crippen LogP contribution in [0.1, 0.15) is 19.3 Å². The van der Waals surface area contributed by atoms with Gasteiger partial charge in [0.2, 0.25) is 5.91 Å². The Morgan fingerprint density at radius 3 is 2.50 bits per heavy atom. The molecule has 0 spiro atoms. The summed E-state index contributed by atoms with van der Waals surface area (Å²) in [6.07, 6.45) is 6.13. The summed E-state index contributed by atoms with van der Waals surface area (Å²) in [5.41, 5.74) is 0. The lowest BCUT2D eigenvalue weighted by Crippen LogP contribution is -2.50. The first-order valence-corrected chi connectivity index (χ1v) is 6.95. The highest BCUT2D eigenvalue weighted by atomic mass is 16.5. The Balaban J connectivity index is 2.66. The predicted molar refractivity (Wildman–Crippen MR) is 78.2 cm³/mol. The van der Waals surface area contributed by atoms with Gasteiger partial charge in [-0.25, -0.2) is 0 Å². The Bertz CT molecular complexity index is 358. The molecule has 5 nitrogen and oxygen atoms in total. The first kappa shape index (κ1) is 16.4. The summed E-state index contributed by atoms with van der Waals surface area (Å²) >= 11 is 0. The number of likely N-dealkylation sites (tertiary alicyclic amines) is 1. The van der Waals surface area contributed by atoms with Crippen molar-refractivity contribution >= 4 is 11.9 Å². The van der Waals surface area contributed by atoms with E-state index in [0.717, 1.165) is 25.8 Å². The van der Waals surface area contributed by atoms with Gasteiger partial charge in [0.1, 0.15) is 6.04 Å². The second-order valence-corrected chi connectivity index (χ2v) is 4.88. The minimum Gasteiger partial charge on any atom is -0.468 e. The van der Waals surface area contributed by atoms with Gasteiger partial charge in [-0.1, -0.05) is 18.6 Å². The van der Waals surface area contributed by atoms with Gasteiger partial charge in [-0.3, -0.25) is 14.5 Å². The number of carbonyl (C=O) groups excluding carboxylic acids is 2. The van der Waals surface area contributed by atoms with E-state index in [0.29, 0.717) is 13.1 Å². The fraction of sp³-hybridized carbons (Fsp3) is 0.600. The van der Waals surface area contributed by atoms with Crippen molar-refractivity contribution in [1.29, 1.82) is 0 Å². The van der Waals surface area contributed by atoms with Gasteiger partial charge in [0, 0.05) is 13.1 Å². The molecule has 0 N–H and O–H groups in total. The Hall–Kier alpha value is -1.62. The molecule has 1 fully saturated rings. The molecule has 0 aromatic heterocycles. The van der Waals surface area contributed by atoms with Crippen LogP contribution in [0.5, 0.6) is 0 Å². The van der Waals surface area contributed by atoms with E-state index < -0.39 is 0 Å². The van der Waals surface area contributed by atoms with E-state index in [4.69, 9.17) is 4.74 Å². The van der Waals surface area contributed by atoms with Crippen LogP contribution in [0, 0.1) is 0 Å². The van der Waals surface area contributed by atoms with Crippen LogP contribution in [0.3, 0.4) is 0 Å². The number of piperidine rings is 1. The average Bonchev–Trinajstić information content (AvgIpc) is 2.46. The Kier molecular flexibility index (Phi) is 7.01. The van der Waals surface area contributed by atoms with Gasteiger partial charge in [-0.05, 0) is 19.4 Å². The zero-order chi connectivity index (χ0) is 15.0. The van der Waals surface area contributed by atoms with E-state index in [1.54, 1.807) is 17.1 Å². The minimum atomic E-state index is -0.299. The molecule has 0 aromatic carbocycles. The number of methoxy groups -OCH3 is 1. The monoisotopic (exact) mass is 280 g/mol. The van der Waals surface area contributed by atoms with Gasteiger partial charge >= 0.3 is 5.97 Å². The Morgan fingerprint density at radius 2 is 1.95 bits per heavy atom. The van der Waals surface area contributed by atoms with Gasteiger partial charge in [0.05, 0.1) is 13.7 Å². The maximum atomic E-state index is 12.3. The van der Waals surface area contributed by atoms with E-state index in [9.17, 15) is 9.59 Å². The highest BCUT2D eigenvalue weighted by Gasteiger charge is 2.31. The third kappa shape index (κ3) is 4.49. The van der Waals surface area contributed by atoms with Crippen molar-refractivity contribution in [3.63, 3.8) is 0 Å². The molecule has 0 radical (unpaired) electrons. The molecule has 1 amide bonds. The topological polar surface area (TPSA) is 49.9 Å². The summed E-state index contributed by atoms with van der Waals surface area (Å²) in [6, 6.07) is -0.299. The quantitative estimate of drug-likeness (QED) is 0.519. The average molecular weight is 280 g/mol. The van der Waals surface area contributed by atoms with Crippen LogP contribution in [-0.2, 0) is 14.3 Å². The lowest BCUT2D eigenvalue weighted by atomic mass is 10.0. The van der Waals surface area contributed by atoms with Crippen molar-refractivity contribution in [3.05, 3.63) is 25.3 Å². The highest BCUT2D eigenvalue weighted by molar-refractivity contribution is 5.81. The standard InChI is InChI=1S/C15H24N2O3/c1-4-9-16(10-5-2)14(18)12-17-11-7-6-8-13(17)15(19)20-3/h4-5,13H,1-2,6-12H2,3H3. The number of esters is 1. The lowest BCUT2D eigenvalue weighted by Gasteiger charge is -2.34. The molecular formula is C15H24N2O3. The Labute approximate surface area is 120 Å². The van der Waals surface area contributed by atoms with Crippen molar-refractivity contribution in [2.75, 3.05) is 33.3 Å². The number of ether oxygens (including phenoxy) is 1. The van der Waals surface area contributed by atoms with E-state index in [2.05, 4.69) is 13.2 Å². The second-order valence-electron chi connectivity index (χ2n) is 4.88. The largest absolute Gasteiger partial charge is 0.468 e. The molecule has 112 valence electrons. The molecule has 0 saturated carbocycles. The van der Waals surface area contributed by atoms with Crippen LogP contribution in [0.2, 0.25) is 0 Å². The summed E-state index contributed by atoms with van der Waals surface area (Å²) < 4.78 is 4.82. The molecule has 0 aromatic rings. The van der Waals surface area contributed by atoms with E-state index >= 15 is 0 Å². The summed E-state index contributed by atoms with van der Waals surface area (Å²) in [5.74, 6) is -0.267. The van der Waals surface area contributed by atoms with Crippen molar-refractivity contribution in [2.45, 2.75) is 25.3 Å². The number of carbonyl (C=O) groups is 2. The first-order chi connectivity index (χ1) is 9.63. The van der Waals surface area contributed by atoms with Gasteiger partial charge in [0.15, 0.2) is 0 Å². The number of hydrogen-bond acceptors (Lipinski definition) is 4. The van der Waals surface area contributed by atoms with Crippen LogP contribution in [0.4, 0.5) is 0 Å². The normalized spacial score (nSPS) is 19.1. The second kappa shape index (κ2) is 8.53. The fourth-order valence-corrected chi connectivity index (χ4v) is 2.45. The third-order valence-corrected chi connectivity index (χ3v) is 3.48. The molecular weight excluding hydrogens is 256 g/mol. The van der Waals surface area contributed by atoms with Gasteiger partial charge in [0.25, 0.3) is 0 Å². The molecule has 1 unspecified atom stereocenters. The summed E-state index contributed by atoms with van der Waals surface area (Å²) in [6.45, 7) is 9.27. The maximum absolute atomic E-state index is 12.3. The molecule has 1 aliphatic heterocycles. The van der Waals surface area contributed by atoms with Gasteiger partial charge in [-0.2, -0.15) is 0 Å². The predicted octanol–water partition coefficient (Wildman–Crippen LogP) is 1.21. The van der Waals surface area contributed by atoms with E-state index in [-0.39, 0.29) is 24.5 Å². The van der Waals surface area contributed by atoms with Crippen LogP contribution in [-0.4, -0.2) is 61.0 Å². The van der Waals surface area contributed by atoms with Crippen molar-refractivity contribution in [3.8, 4) is 0 Å². The molecule has 5 heteroatoms. The molecule has 1 atom stereocenters.